The molecule has 108 valence electrons. The van der Waals surface area contributed by atoms with Crippen molar-refractivity contribution in [1.29, 1.82) is 0 Å². The highest BCUT2D eigenvalue weighted by Crippen LogP contribution is 2.60. The third kappa shape index (κ3) is 2.40. The first-order valence-corrected chi connectivity index (χ1v) is 8.44. The van der Waals surface area contributed by atoms with Gasteiger partial charge in [0.1, 0.15) is 0 Å². The van der Waals surface area contributed by atoms with E-state index in [0.29, 0.717) is 6.54 Å². The van der Waals surface area contributed by atoms with Gasteiger partial charge in [0, 0.05) is 13.6 Å². The summed E-state index contributed by atoms with van der Waals surface area (Å²) in [5, 5.41) is -1.16. The zero-order chi connectivity index (χ0) is 13.8. The molecule has 0 atom stereocenters. The van der Waals surface area contributed by atoms with Crippen LogP contribution < -0.4 is 0 Å². The molecule has 4 bridgehead atoms. The fourth-order valence-corrected chi connectivity index (χ4v) is 5.71. The smallest absolute Gasteiger partial charge is 0.330 e. The summed E-state index contributed by atoms with van der Waals surface area (Å²) >= 11 is 0. The molecule has 4 aliphatic rings. The average Bonchev–Trinajstić information content (AvgIpc) is 2.23. The van der Waals surface area contributed by atoms with Crippen LogP contribution in [-0.4, -0.2) is 36.7 Å². The Kier molecular flexibility index (Phi) is 2.94. The summed E-state index contributed by atoms with van der Waals surface area (Å²) in [6, 6.07) is 0. The molecule has 4 saturated carbocycles. The zero-order valence-electron chi connectivity index (χ0n) is 11.2. The lowest BCUT2D eigenvalue weighted by atomic mass is 9.49. The quantitative estimate of drug-likeness (QED) is 0.790. The molecule has 6 heteroatoms. The second-order valence-corrected chi connectivity index (χ2v) is 8.31. The number of carbonyl (C=O) groups is 1. The lowest BCUT2D eigenvalue weighted by Gasteiger charge is -2.57. The molecule has 19 heavy (non-hydrogen) atoms. The Morgan fingerprint density at radius 2 is 1.58 bits per heavy atom. The van der Waals surface area contributed by atoms with E-state index >= 15 is 0 Å². The Hall–Kier alpha value is -0.620. The monoisotopic (exact) mass is 287 g/mol. The van der Waals surface area contributed by atoms with Crippen molar-refractivity contribution in [3.05, 3.63) is 0 Å². The van der Waals surface area contributed by atoms with Gasteiger partial charge in [-0.2, -0.15) is 8.42 Å². The van der Waals surface area contributed by atoms with E-state index in [0.717, 1.165) is 37.0 Å². The summed E-state index contributed by atoms with van der Waals surface area (Å²) < 4.78 is 30.7. The van der Waals surface area contributed by atoms with E-state index in [2.05, 4.69) is 0 Å². The van der Waals surface area contributed by atoms with E-state index in [1.807, 2.05) is 0 Å². The van der Waals surface area contributed by atoms with Crippen LogP contribution in [0.25, 0.3) is 0 Å². The Balaban J connectivity index is 1.74. The number of nitrogens with zero attached hydrogens (tertiary/aromatic N) is 1. The average molecular weight is 287 g/mol. The third-order valence-corrected chi connectivity index (χ3v) is 6.02. The van der Waals surface area contributed by atoms with Crippen LogP contribution in [0.15, 0.2) is 0 Å². The molecule has 0 aromatic rings. The lowest BCUT2D eigenvalue weighted by Crippen LogP contribution is -2.51. The van der Waals surface area contributed by atoms with Gasteiger partial charge in [-0.1, -0.05) is 0 Å². The minimum Gasteiger partial charge on any atom is -0.330 e. The maximum atomic E-state index is 11.6. The van der Waals surface area contributed by atoms with Crippen molar-refractivity contribution >= 4 is 15.4 Å². The molecule has 0 aliphatic heterocycles. The van der Waals surface area contributed by atoms with Crippen molar-refractivity contribution in [2.45, 2.75) is 38.5 Å². The highest BCUT2D eigenvalue weighted by Gasteiger charge is 2.51. The van der Waals surface area contributed by atoms with Crippen LogP contribution in [0.1, 0.15) is 38.5 Å². The highest BCUT2D eigenvalue weighted by molar-refractivity contribution is 8.01. The minimum atomic E-state index is -4.60. The predicted octanol–water partition coefficient (Wildman–Crippen LogP) is 2.14. The second-order valence-electron chi connectivity index (χ2n) is 7.01. The minimum absolute atomic E-state index is 0.101. The number of amides is 1. The number of hydrogen-bond donors (Lipinski definition) is 1. The first kappa shape index (κ1) is 13.4. The van der Waals surface area contributed by atoms with Crippen molar-refractivity contribution in [2.75, 3.05) is 13.6 Å². The fourth-order valence-electron chi connectivity index (χ4n) is 5.25. The fraction of sp³-hybridized carbons (Fsp3) is 0.923. The maximum Gasteiger partial charge on any atom is 0.365 e. The van der Waals surface area contributed by atoms with Gasteiger partial charge in [-0.15, -0.1) is 0 Å². The van der Waals surface area contributed by atoms with Crippen LogP contribution in [0.4, 0.5) is 4.79 Å². The predicted molar refractivity (Wildman–Crippen MR) is 70.2 cm³/mol. The summed E-state index contributed by atoms with van der Waals surface area (Å²) in [5.74, 6) is 2.29. The normalized spacial score (nSPS) is 40.4. The van der Waals surface area contributed by atoms with Crippen LogP contribution >= 0.6 is 0 Å². The van der Waals surface area contributed by atoms with Crippen LogP contribution in [0, 0.1) is 23.2 Å². The maximum absolute atomic E-state index is 11.6. The van der Waals surface area contributed by atoms with Crippen molar-refractivity contribution in [2.24, 2.45) is 23.2 Å². The summed E-state index contributed by atoms with van der Waals surface area (Å²) in [6.07, 6.45) is 7.28. The molecule has 5 nitrogen and oxygen atoms in total. The molecule has 0 aromatic heterocycles. The number of hydrogen-bond acceptors (Lipinski definition) is 3. The third-order valence-electron chi connectivity index (χ3n) is 5.27. The molecule has 4 aliphatic carbocycles. The Bertz CT molecular complexity index is 463. The summed E-state index contributed by atoms with van der Waals surface area (Å²) in [5.41, 5.74) is 0.101. The zero-order valence-corrected chi connectivity index (χ0v) is 12.0. The van der Waals surface area contributed by atoms with E-state index in [1.165, 1.54) is 31.2 Å². The van der Waals surface area contributed by atoms with Gasteiger partial charge >= 0.3 is 15.4 Å². The Morgan fingerprint density at radius 1 is 1.16 bits per heavy atom. The van der Waals surface area contributed by atoms with E-state index < -0.39 is 15.4 Å². The van der Waals surface area contributed by atoms with Crippen LogP contribution in [0.3, 0.4) is 0 Å². The van der Waals surface area contributed by atoms with Crippen LogP contribution in [0.5, 0.6) is 0 Å². The molecule has 0 spiro atoms. The molecule has 4 rings (SSSR count). The number of rotatable bonds is 2. The lowest BCUT2D eigenvalue weighted by molar-refractivity contribution is -0.0607. The van der Waals surface area contributed by atoms with Gasteiger partial charge in [-0.3, -0.25) is 9.35 Å². The van der Waals surface area contributed by atoms with Gasteiger partial charge in [0.2, 0.25) is 0 Å². The molecule has 0 radical (unpaired) electrons. The summed E-state index contributed by atoms with van der Waals surface area (Å²) in [6.45, 7) is 0.467. The van der Waals surface area contributed by atoms with Gasteiger partial charge < -0.3 is 4.90 Å². The molecule has 0 saturated heterocycles. The van der Waals surface area contributed by atoms with Crippen molar-refractivity contribution in [3.8, 4) is 0 Å². The van der Waals surface area contributed by atoms with Gasteiger partial charge in [0.25, 0.3) is 0 Å². The second kappa shape index (κ2) is 4.19. The highest BCUT2D eigenvalue weighted by atomic mass is 32.2. The van der Waals surface area contributed by atoms with Gasteiger partial charge in [-0.25, -0.2) is 0 Å². The Morgan fingerprint density at radius 3 is 1.95 bits per heavy atom. The van der Waals surface area contributed by atoms with Gasteiger partial charge in [-0.05, 0) is 61.7 Å². The first-order valence-electron chi connectivity index (χ1n) is 7.00. The van der Waals surface area contributed by atoms with Crippen molar-refractivity contribution in [1.82, 2.24) is 4.90 Å². The summed E-state index contributed by atoms with van der Waals surface area (Å²) in [7, 11) is -3.12. The van der Waals surface area contributed by atoms with Crippen LogP contribution in [-0.2, 0) is 10.1 Å². The standard InChI is InChI=1S/C13H21NO4S/c1-14(12(15)19(16,17)18)8-13-5-9-2-10(6-13)4-11(3-9)7-13/h9-11H,2-8H2,1H3,(H,16,17,18). The summed E-state index contributed by atoms with van der Waals surface area (Å²) in [4.78, 5) is 12.8. The van der Waals surface area contributed by atoms with Crippen LogP contribution in [0.2, 0.25) is 0 Å². The SMILES string of the molecule is CN(CC12CC3CC(CC(C3)C1)C2)C(=O)S(=O)(=O)O. The molecule has 4 fully saturated rings. The van der Waals surface area contributed by atoms with E-state index in [4.69, 9.17) is 4.55 Å². The molecule has 0 aromatic carbocycles. The molecule has 1 amide bonds. The topological polar surface area (TPSA) is 74.7 Å². The Labute approximate surface area is 114 Å². The molecule has 1 N–H and O–H groups in total. The van der Waals surface area contributed by atoms with Gasteiger partial charge in [0.15, 0.2) is 0 Å². The molecular formula is C13H21NO4S. The largest absolute Gasteiger partial charge is 0.365 e. The first-order chi connectivity index (χ1) is 8.77. The molecule has 0 heterocycles. The van der Waals surface area contributed by atoms with E-state index in [1.54, 1.807) is 0 Å². The number of carbonyl (C=O) groups excluding carboxylic acids is 1. The van der Waals surface area contributed by atoms with Crippen molar-refractivity contribution < 1.29 is 17.8 Å². The molecular weight excluding hydrogens is 266 g/mol. The van der Waals surface area contributed by atoms with E-state index in [-0.39, 0.29) is 5.41 Å². The van der Waals surface area contributed by atoms with Gasteiger partial charge in [0.05, 0.1) is 0 Å². The molecule has 0 unspecified atom stereocenters. The van der Waals surface area contributed by atoms with E-state index in [9.17, 15) is 13.2 Å². The van der Waals surface area contributed by atoms with Crippen molar-refractivity contribution in [3.63, 3.8) is 0 Å².